The van der Waals surface area contributed by atoms with E-state index in [1.54, 1.807) is 0 Å². The number of unbranched alkanes of at least 4 members (excludes halogenated alkanes) is 16. The Morgan fingerprint density at radius 1 is 0.658 bits per heavy atom. The van der Waals surface area contributed by atoms with E-state index < -0.39 is 0 Å². The molecular weight excluding hydrogens is 472 g/mol. The number of esters is 2. The molecule has 4 heteroatoms. The molecule has 0 spiro atoms. The van der Waals surface area contributed by atoms with Gasteiger partial charge in [0.2, 0.25) is 0 Å². The molecule has 0 unspecified atom stereocenters. The van der Waals surface area contributed by atoms with Crippen LogP contribution in [0, 0.1) is 5.92 Å². The Kier molecular flexibility index (Phi) is 27.2. The first-order chi connectivity index (χ1) is 18.5. The van der Waals surface area contributed by atoms with Crippen LogP contribution in [0.15, 0.2) is 24.8 Å². The molecule has 0 aromatic heterocycles. The van der Waals surface area contributed by atoms with E-state index in [-0.39, 0.29) is 24.6 Å². The zero-order valence-corrected chi connectivity index (χ0v) is 25.5. The van der Waals surface area contributed by atoms with E-state index in [0.717, 1.165) is 38.5 Å². The number of hydrogen-bond acceptors (Lipinski definition) is 4. The molecule has 1 atom stereocenters. The van der Waals surface area contributed by atoms with Crippen molar-refractivity contribution in [2.75, 3.05) is 6.61 Å². The largest absolute Gasteiger partial charge is 0.462 e. The highest BCUT2D eigenvalue weighted by Crippen LogP contribution is 2.14. The minimum absolute atomic E-state index is 0.163. The lowest BCUT2D eigenvalue weighted by molar-refractivity contribution is -0.160. The fraction of sp³-hybridized carbons (Fsp3) is 0.824. The summed E-state index contributed by atoms with van der Waals surface area (Å²) in [6.45, 7) is 10.4. The molecule has 0 saturated heterocycles. The van der Waals surface area contributed by atoms with Gasteiger partial charge in [0, 0.05) is 12.8 Å². The Labute approximate surface area is 236 Å². The summed E-state index contributed by atoms with van der Waals surface area (Å²) in [7, 11) is 0. The van der Waals surface area contributed by atoms with Crippen LogP contribution in [0.5, 0.6) is 0 Å². The molecule has 0 heterocycles. The van der Waals surface area contributed by atoms with Crippen LogP contribution in [0.4, 0.5) is 0 Å². The average Bonchev–Trinajstić information content (AvgIpc) is 2.88. The van der Waals surface area contributed by atoms with E-state index in [2.05, 4.69) is 39.5 Å². The first-order valence-corrected chi connectivity index (χ1v) is 16.1. The van der Waals surface area contributed by atoms with Crippen molar-refractivity contribution in [2.24, 2.45) is 5.92 Å². The van der Waals surface area contributed by atoms with Gasteiger partial charge in [0.25, 0.3) is 0 Å². The third-order valence-electron chi connectivity index (χ3n) is 6.89. The zero-order chi connectivity index (χ0) is 28.1. The van der Waals surface area contributed by atoms with Crippen LogP contribution >= 0.6 is 0 Å². The minimum Gasteiger partial charge on any atom is -0.462 e. The normalized spacial score (nSPS) is 12.2. The van der Waals surface area contributed by atoms with Crippen LogP contribution in [0.3, 0.4) is 0 Å². The maximum Gasteiger partial charge on any atom is 0.306 e. The van der Waals surface area contributed by atoms with Gasteiger partial charge in [0.1, 0.15) is 12.7 Å². The molecule has 0 fully saturated rings. The molecule has 0 N–H and O–H groups in total. The summed E-state index contributed by atoms with van der Waals surface area (Å²) >= 11 is 0. The number of rotatable bonds is 28. The van der Waals surface area contributed by atoms with Crippen LogP contribution in [0.25, 0.3) is 0 Å². The van der Waals surface area contributed by atoms with Gasteiger partial charge in [-0.3, -0.25) is 9.59 Å². The summed E-state index contributed by atoms with van der Waals surface area (Å²) < 4.78 is 11.1. The first kappa shape index (κ1) is 36.4. The number of carbonyl (C=O) groups is 2. The van der Waals surface area contributed by atoms with Gasteiger partial charge in [-0.05, 0) is 63.7 Å². The Morgan fingerprint density at radius 3 is 1.66 bits per heavy atom. The summed E-state index contributed by atoms with van der Waals surface area (Å²) in [5.41, 5.74) is 0. The minimum atomic E-state index is -0.339. The maximum absolute atomic E-state index is 12.4. The summed E-state index contributed by atoms with van der Waals surface area (Å²) in [5, 5.41) is 0. The molecule has 38 heavy (non-hydrogen) atoms. The van der Waals surface area contributed by atoms with Crippen molar-refractivity contribution >= 4 is 11.9 Å². The van der Waals surface area contributed by atoms with E-state index in [0.29, 0.717) is 25.2 Å². The Bertz CT molecular complexity index is 581. The van der Waals surface area contributed by atoms with Crippen molar-refractivity contribution in [3.05, 3.63) is 24.8 Å². The molecule has 0 radical (unpaired) electrons. The zero-order valence-electron chi connectivity index (χ0n) is 25.5. The molecule has 4 nitrogen and oxygen atoms in total. The predicted octanol–water partition coefficient (Wildman–Crippen LogP) is 10.4. The number of ether oxygens (including phenoxy) is 2. The van der Waals surface area contributed by atoms with Gasteiger partial charge in [-0.25, -0.2) is 0 Å². The smallest absolute Gasteiger partial charge is 0.306 e. The SMILES string of the molecule is C=CCCCCCCCC(=O)OC[C@H](CC(C)C)OC(=O)CCCCCCC/C=C/CCCCCCCC. The van der Waals surface area contributed by atoms with Gasteiger partial charge in [0.05, 0.1) is 0 Å². The van der Waals surface area contributed by atoms with Crippen molar-refractivity contribution in [2.45, 2.75) is 168 Å². The Hall–Kier alpha value is -1.58. The molecule has 0 aliphatic heterocycles. The molecule has 0 saturated carbocycles. The van der Waals surface area contributed by atoms with Crippen molar-refractivity contribution in [3.8, 4) is 0 Å². The monoisotopic (exact) mass is 534 g/mol. The highest BCUT2D eigenvalue weighted by Gasteiger charge is 2.18. The van der Waals surface area contributed by atoms with Gasteiger partial charge in [-0.1, -0.05) is 110 Å². The fourth-order valence-corrected chi connectivity index (χ4v) is 4.61. The Balaban J connectivity index is 3.82. The standard InChI is InChI=1S/C34H62O4/c1-5-7-9-11-13-14-15-16-17-18-19-20-22-24-26-28-34(36)38-32(29-31(3)4)30-37-33(35)27-25-23-21-12-10-8-6-2/h6,16-17,31-32H,2,5,7-15,18-30H2,1,3-4H3/b17-16+/t32-/m0/s1. The number of allylic oxidation sites excluding steroid dienone is 3. The average molecular weight is 535 g/mol. The predicted molar refractivity (Wildman–Crippen MR) is 162 cm³/mol. The summed E-state index contributed by atoms with van der Waals surface area (Å²) in [5.74, 6) is 0.0314. The van der Waals surface area contributed by atoms with Gasteiger partial charge < -0.3 is 9.47 Å². The van der Waals surface area contributed by atoms with Crippen LogP contribution in [-0.4, -0.2) is 24.6 Å². The first-order valence-electron chi connectivity index (χ1n) is 16.1. The summed E-state index contributed by atoms with van der Waals surface area (Å²) in [4.78, 5) is 24.5. The molecule has 0 amide bonds. The topological polar surface area (TPSA) is 52.6 Å². The lowest BCUT2D eigenvalue weighted by Gasteiger charge is -2.20. The molecule has 222 valence electrons. The number of hydrogen-bond donors (Lipinski definition) is 0. The van der Waals surface area contributed by atoms with E-state index >= 15 is 0 Å². The molecule has 0 aliphatic rings. The highest BCUT2D eigenvalue weighted by atomic mass is 16.6. The third-order valence-corrected chi connectivity index (χ3v) is 6.89. The lowest BCUT2D eigenvalue weighted by atomic mass is 10.1. The Morgan fingerprint density at radius 2 is 1.13 bits per heavy atom. The second-order valence-corrected chi connectivity index (χ2v) is 11.4. The fourth-order valence-electron chi connectivity index (χ4n) is 4.61. The molecule has 0 aromatic carbocycles. The quantitative estimate of drug-likeness (QED) is 0.0569. The van der Waals surface area contributed by atoms with Crippen molar-refractivity contribution in [3.63, 3.8) is 0 Å². The van der Waals surface area contributed by atoms with E-state index in [1.165, 1.54) is 83.5 Å². The van der Waals surface area contributed by atoms with Gasteiger partial charge in [-0.15, -0.1) is 6.58 Å². The third kappa shape index (κ3) is 27.5. The second kappa shape index (κ2) is 28.4. The van der Waals surface area contributed by atoms with Gasteiger partial charge in [0.15, 0.2) is 0 Å². The second-order valence-electron chi connectivity index (χ2n) is 11.4. The van der Waals surface area contributed by atoms with E-state index in [4.69, 9.17) is 9.47 Å². The molecule has 0 bridgehead atoms. The van der Waals surface area contributed by atoms with Gasteiger partial charge in [-0.2, -0.15) is 0 Å². The van der Waals surface area contributed by atoms with E-state index in [9.17, 15) is 9.59 Å². The summed E-state index contributed by atoms with van der Waals surface area (Å²) in [6.07, 6.45) is 30.5. The van der Waals surface area contributed by atoms with Crippen molar-refractivity contribution < 1.29 is 19.1 Å². The van der Waals surface area contributed by atoms with Crippen LogP contribution in [0.2, 0.25) is 0 Å². The van der Waals surface area contributed by atoms with E-state index in [1.807, 2.05) is 6.08 Å². The molecular formula is C34H62O4. The molecule has 0 aliphatic carbocycles. The molecule has 0 rings (SSSR count). The van der Waals surface area contributed by atoms with Crippen molar-refractivity contribution in [1.29, 1.82) is 0 Å². The summed E-state index contributed by atoms with van der Waals surface area (Å²) in [6, 6.07) is 0. The molecule has 0 aromatic rings. The van der Waals surface area contributed by atoms with Crippen LogP contribution < -0.4 is 0 Å². The lowest BCUT2D eigenvalue weighted by Crippen LogP contribution is -2.26. The van der Waals surface area contributed by atoms with Crippen molar-refractivity contribution in [1.82, 2.24) is 0 Å². The highest BCUT2D eigenvalue weighted by molar-refractivity contribution is 5.70. The van der Waals surface area contributed by atoms with Crippen LogP contribution in [-0.2, 0) is 19.1 Å². The maximum atomic E-state index is 12.4. The van der Waals surface area contributed by atoms with Gasteiger partial charge >= 0.3 is 11.9 Å². The number of carbonyl (C=O) groups excluding carboxylic acids is 2. The van der Waals surface area contributed by atoms with Crippen LogP contribution in [0.1, 0.15) is 162 Å².